The molecule has 2 unspecified atom stereocenters. The molecule has 1 aliphatic heterocycles. The monoisotopic (exact) mass is 256 g/mol. The van der Waals surface area contributed by atoms with Gasteiger partial charge in [0.25, 0.3) is 0 Å². The summed E-state index contributed by atoms with van der Waals surface area (Å²) in [6.45, 7) is 12.2. The van der Waals surface area contributed by atoms with E-state index < -0.39 is 0 Å². The molecule has 108 valence electrons. The molecule has 0 spiro atoms. The fourth-order valence-electron chi connectivity index (χ4n) is 3.14. The quantitative estimate of drug-likeness (QED) is 0.793. The molecule has 1 rings (SSSR count). The zero-order chi connectivity index (χ0) is 13.6. The first-order chi connectivity index (χ1) is 8.44. The van der Waals surface area contributed by atoms with Crippen LogP contribution in [-0.2, 0) is 4.74 Å². The second-order valence-corrected chi connectivity index (χ2v) is 7.09. The van der Waals surface area contributed by atoms with E-state index in [2.05, 4.69) is 25.7 Å². The van der Waals surface area contributed by atoms with Crippen molar-refractivity contribution in [2.75, 3.05) is 39.9 Å². The summed E-state index contributed by atoms with van der Waals surface area (Å²) in [5.41, 5.74) is 6.32. The van der Waals surface area contributed by atoms with Crippen molar-refractivity contribution in [3.63, 3.8) is 0 Å². The van der Waals surface area contributed by atoms with Crippen molar-refractivity contribution in [1.82, 2.24) is 4.90 Å². The molecule has 1 heterocycles. The molecule has 0 saturated carbocycles. The number of hydrogen-bond donors (Lipinski definition) is 1. The van der Waals surface area contributed by atoms with E-state index in [9.17, 15) is 0 Å². The highest BCUT2D eigenvalue weighted by Crippen LogP contribution is 2.26. The van der Waals surface area contributed by atoms with Crippen LogP contribution in [0, 0.1) is 17.3 Å². The van der Waals surface area contributed by atoms with Crippen molar-refractivity contribution >= 4 is 0 Å². The number of ether oxygens (including phenoxy) is 1. The van der Waals surface area contributed by atoms with Crippen LogP contribution < -0.4 is 5.73 Å². The molecule has 1 saturated heterocycles. The highest BCUT2D eigenvalue weighted by Gasteiger charge is 2.24. The molecule has 3 heteroatoms. The minimum absolute atomic E-state index is 0.381. The standard InChI is InChI=1S/C15H32N2O/c1-15(2,3)8-14(9-16)11-17-7-5-6-13(10-17)12-18-4/h13-14H,5-12,16H2,1-4H3. The van der Waals surface area contributed by atoms with Crippen LogP contribution in [0.25, 0.3) is 0 Å². The number of nitrogens with zero attached hydrogens (tertiary/aromatic N) is 1. The van der Waals surface area contributed by atoms with E-state index in [1.165, 1.54) is 32.4 Å². The number of piperidine rings is 1. The molecule has 0 aliphatic carbocycles. The summed E-state index contributed by atoms with van der Waals surface area (Å²) in [4.78, 5) is 2.59. The highest BCUT2D eigenvalue weighted by molar-refractivity contribution is 4.78. The third kappa shape index (κ3) is 6.17. The molecule has 0 radical (unpaired) electrons. The third-order valence-electron chi connectivity index (χ3n) is 3.76. The van der Waals surface area contributed by atoms with Crippen molar-refractivity contribution in [2.45, 2.75) is 40.0 Å². The molecule has 0 amide bonds. The summed E-state index contributed by atoms with van der Waals surface area (Å²) >= 11 is 0. The molecule has 1 fully saturated rings. The Hall–Kier alpha value is -0.120. The first-order valence-corrected chi connectivity index (χ1v) is 7.36. The van der Waals surface area contributed by atoms with Crippen molar-refractivity contribution in [3.05, 3.63) is 0 Å². The molecule has 18 heavy (non-hydrogen) atoms. The Labute approximate surface area is 113 Å². The summed E-state index contributed by atoms with van der Waals surface area (Å²) in [7, 11) is 1.81. The largest absolute Gasteiger partial charge is 0.384 e. The third-order valence-corrected chi connectivity index (χ3v) is 3.76. The van der Waals surface area contributed by atoms with Gasteiger partial charge in [0.05, 0.1) is 6.61 Å². The minimum atomic E-state index is 0.381. The number of methoxy groups -OCH3 is 1. The van der Waals surface area contributed by atoms with Gasteiger partial charge in [-0.15, -0.1) is 0 Å². The fraction of sp³-hybridized carbons (Fsp3) is 1.00. The van der Waals surface area contributed by atoms with Crippen molar-refractivity contribution < 1.29 is 4.74 Å². The number of nitrogens with two attached hydrogens (primary N) is 1. The Morgan fingerprint density at radius 1 is 1.39 bits per heavy atom. The molecular formula is C15H32N2O. The van der Waals surface area contributed by atoms with Gasteiger partial charge in [0.15, 0.2) is 0 Å². The number of likely N-dealkylation sites (tertiary alicyclic amines) is 1. The highest BCUT2D eigenvalue weighted by atomic mass is 16.5. The summed E-state index contributed by atoms with van der Waals surface area (Å²) in [5.74, 6) is 1.35. The van der Waals surface area contributed by atoms with Gasteiger partial charge in [-0.2, -0.15) is 0 Å². The van der Waals surface area contributed by atoms with E-state index in [-0.39, 0.29) is 0 Å². The predicted octanol–water partition coefficient (Wildman–Crippen LogP) is 2.36. The average molecular weight is 256 g/mol. The summed E-state index contributed by atoms with van der Waals surface area (Å²) < 4.78 is 5.29. The lowest BCUT2D eigenvalue weighted by molar-refractivity contribution is 0.0788. The molecular weight excluding hydrogens is 224 g/mol. The van der Waals surface area contributed by atoms with E-state index >= 15 is 0 Å². The van der Waals surface area contributed by atoms with Crippen LogP contribution in [0.5, 0.6) is 0 Å². The van der Waals surface area contributed by atoms with Gasteiger partial charge in [-0.05, 0) is 49.6 Å². The van der Waals surface area contributed by atoms with E-state index in [1.807, 2.05) is 0 Å². The SMILES string of the molecule is COCC1CCCN(CC(CN)CC(C)(C)C)C1. The summed E-state index contributed by atoms with van der Waals surface area (Å²) in [6.07, 6.45) is 3.84. The van der Waals surface area contributed by atoms with E-state index in [0.29, 0.717) is 11.3 Å². The topological polar surface area (TPSA) is 38.5 Å². The molecule has 2 atom stereocenters. The van der Waals surface area contributed by atoms with Crippen LogP contribution in [0.4, 0.5) is 0 Å². The maximum atomic E-state index is 5.94. The van der Waals surface area contributed by atoms with Gasteiger partial charge in [0, 0.05) is 20.2 Å². The average Bonchev–Trinajstić information content (AvgIpc) is 2.27. The van der Waals surface area contributed by atoms with Gasteiger partial charge in [0.1, 0.15) is 0 Å². The van der Waals surface area contributed by atoms with E-state index in [4.69, 9.17) is 10.5 Å². The Kier molecular flexibility index (Phi) is 6.61. The van der Waals surface area contributed by atoms with Crippen molar-refractivity contribution in [1.29, 1.82) is 0 Å². The Bertz CT molecular complexity index is 223. The Morgan fingerprint density at radius 2 is 2.11 bits per heavy atom. The van der Waals surface area contributed by atoms with Crippen molar-refractivity contribution in [2.24, 2.45) is 23.0 Å². The lowest BCUT2D eigenvalue weighted by Gasteiger charge is -2.36. The van der Waals surface area contributed by atoms with Gasteiger partial charge in [-0.1, -0.05) is 20.8 Å². The molecule has 1 aliphatic rings. The van der Waals surface area contributed by atoms with Crippen LogP contribution in [0.2, 0.25) is 0 Å². The summed E-state index contributed by atoms with van der Waals surface area (Å²) in [6, 6.07) is 0. The fourth-order valence-corrected chi connectivity index (χ4v) is 3.14. The van der Waals surface area contributed by atoms with Crippen molar-refractivity contribution in [3.8, 4) is 0 Å². The van der Waals surface area contributed by atoms with E-state index in [0.717, 1.165) is 25.6 Å². The van der Waals surface area contributed by atoms with Crippen LogP contribution >= 0.6 is 0 Å². The molecule has 0 bridgehead atoms. The van der Waals surface area contributed by atoms with Crippen LogP contribution in [0.3, 0.4) is 0 Å². The lowest BCUT2D eigenvalue weighted by Crippen LogP contribution is -2.42. The van der Waals surface area contributed by atoms with Gasteiger partial charge < -0.3 is 15.4 Å². The number of hydrogen-bond acceptors (Lipinski definition) is 3. The first kappa shape index (κ1) is 15.9. The molecule has 0 aromatic heterocycles. The van der Waals surface area contributed by atoms with E-state index in [1.54, 1.807) is 7.11 Å². The summed E-state index contributed by atoms with van der Waals surface area (Å²) in [5, 5.41) is 0. The smallest absolute Gasteiger partial charge is 0.0502 e. The van der Waals surface area contributed by atoms with Gasteiger partial charge in [0.2, 0.25) is 0 Å². The Balaban J connectivity index is 2.39. The van der Waals surface area contributed by atoms with Crippen LogP contribution in [0.1, 0.15) is 40.0 Å². The zero-order valence-corrected chi connectivity index (χ0v) is 12.7. The molecule has 2 N–H and O–H groups in total. The Morgan fingerprint density at radius 3 is 2.67 bits per heavy atom. The maximum Gasteiger partial charge on any atom is 0.0502 e. The number of rotatable bonds is 6. The predicted molar refractivity (Wildman–Crippen MR) is 77.7 cm³/mol. The first-order valence-electron chi connectivity index (χ1n) is 7.36. The minimum Gasteiger partial charge on any atom is -0.384 e. The van der Waals surface area contributed by atoms with Gasteiger partial charge >= 0.3 is 0 Å². The lowest BCUT2D eigenvalue weighted by atomic mass is 9.84. The molecule has 0 aromatic carbocycles. The molecule has 3 nitrogen and oxygen atoms in total. The van der Waals surface area contributed by atoms with Crippen LogP contribution in [-0.4, -0.2) is 44.8 Å². The van der Waals surface area contributed by atoms with Crippen LogP contribution in [0.15, 0.2) is 0 Å². The van der Waals surface area contributed by atoms with Gasteiger partial charge in [-0.25, -0.2) is 0 Å². The molecule has 0 aromatic rings. The second kappa shape index (κ2) is 7.46. The second-order valence-electron chi connectivity index (χ2n) is 7.09. The normalized spacial score (nSPS) is 24.2. The van der Waals surface area contributed by atoms with Gasteiger partial charge in [-0.3, -0.25) is 0 Å². The zero-order valence-electron chi connectivity index (χ0n) is 12.7. The maximum absolute atomic E-state index is 5.94.